The van der Waals surface area contributed by atoms with Gasteiger partial charge in [-0.2, -0.15) is 13.8 Å². The first-order chi connectivity index (χ1) is 16.4. The summed E-state index contributed by atoms with van der Waals surface area (Å²) in [5, 5.41) is 5.16. The second kappa shape index (κ2) is 8.98. The smallest absolute Gasteiger partial charge is 0.406 e. The highest BCUT2D eigenvalue weighted by molar-refractivity contribution is 6.21. The van der Waals surface area contributed by atoms with E-state index < -0.39 is 34.2 Å². The summed E-state index contributed by atoms with van der Waals surface area (Å²) in [6.45, 7) is 0.120. The average Bonchev–Trinajstić information content (AvgIpc) is 3.30. The third kappa shape index (κ3) is 5.57. The molecule has 1 aromatic heterocycles. The van der Waals surface area contributed by atoms with E-state index in [4.69, 9.17) is 11.6 Å². The molecule has 4 aromatic rings. The first-order valence-corrected chi connectivity index (χ1v) is 9.99. The Kier molecular flexibility index (Phi) is 6.19. The van der Waals surface area contributed by atoms with Gasteiger partial charge < -0.3 is 19.9 Å². The zero-order chi connectivity index (χ0) is 25.4. The van der Waals surface area contributed by atoms with Crippen LogP contribution in [0.4, 0.5) is 39.0 Å². The van der Waals surface area contributed by atoms with Gasteiger partial charge in [0.05, 0.1) is 0 Å². The van der Waals surface area contributed by atoms with E-state index in [9.17, 15) is 31.5 Å². The molecule has 0 bridgehead atoms. The molecule has 0 amide bonds. The molecule has 182 valence electrons. The Morgan fingerprint density at radius 2 is 1.54 bits per heavy atom. The second-order valence-electron chi connectivity index (χ2n) is 7.08. The normalized spacial score (nSPS) is 12.1. The lowest BCUT2D eigenvalue weighted by Gasteiger charge is -2.15. The van der Waals surface area contributed by atoms with Crippen LogP contribution in [0, 0.1) is 0 Å². The number of benzene rings is 2. The summed E-state index contributed by atoms with van der Waals surface area (Å²) in [5.74, 6) is -1.58. The van der Waals surface area contributed by atoms with Crippen LogP contribution < -0.4 is 26.2 Å². The predicted molar refractivity (Wildman–Crippen MR) is 115 cm³/mol. The lowest BCUT2D eigenvalue weighted by Crippen LogP contribution is -2.36. The highest BCUT2D eigenvalue weighted by Gasteiger charge is 2.35. The molecule has 0 fully saturated rings. The van der Waals surface area contributed by atoms with Crippen LogP contribution in [0.3, 0.4) is 0 Å². The van der Waals surface area contributed by atoms with Gasteiger partial charge in [-0.1, -0.05) is 29.4 Å². The number of halogens is 6. The standard InChI is InChI=1S/C21H12ClF5N4O4/c22-20(23,24)19-30-18(31-35-19)11-3-1-10(2-4-11)9-28-14-15(17(33)16(14)32)29-12-5-7-13(8-6-12)34-21(25,26)27/h1-8,28-29H,9H2. The number of nitrogens with zero attached hydrogens (tertiary/aromatic N) is 2. The molecule has 0 saturated carbocycles. The van der Waals surface area contributed by atoms with Crippen molar-refractivity contribution in [3.8, 4) is 17.1 Å². The van der Waals surface area contributed by atoms with Crippen LogP contribution >= 0.6 is 11.6 Å². The number of rotatable bonds is 8. The van der Waals surface area contributed by atoms with Gasteiger partial charge in [-0.3, -0.25) is 9.59 Å². The van der Waals surface area contributed by atoms with Crippen molar-refractivity contribution in [2.75, 3.05) is 10.6 Å². The number of aromatic nitrogens is 2. The largest absolute Gasteiger partial charge is 0.573 e. The van der Waals surface area contributed by atoms with Crippen LogP contribution in [0.2, 0.25) is 0 Å². The molecule has 0 aliphatic carbocycles. The van der Waals surface area contributed by atoms with Gasteiger partial charge in [0, 0.05) is 17.8 Å². The minimum Gasteiger partial charge on any atom is -0.406 e. The van der Waals surface area contributed by atoms with Crippen LogP contribution in [0.25, 0.3) is 11.4 Å². The third-order valence-electron chi connectivity index (χ3n) is 4.62. The summed E-state index contributed by atoms with van der Waals surface area (Å²) < 4.78 is 71.0. The van der Waals surface area contributed by atoms with E-state index >= 15 is 0 Å². The fourth-order valence-corrected chi connectivity index (χ4v) is 3.06. The Labute approximate surface area is 197 Å². The molecule has 0 aliphatic heterocycles. The van der Waals surface area contributed by atoms with Crippen molar-refractivity contribution >= 4 is 28.7 Å². The van der Waals surface area contributed by atoms with E-state index in [1.54, 1.807) is 12.1 Å². The Bertz CT molecular complexity index is 1410. The highest BCUT2D eigenvalue weighted by atomic mass is 35.5. The fourth-order valence-electron chi connectivity index (χ4n) is 2.98. The maximum absolute atomic E-state index is 13.0. The topological polar surface area (TPSA) is 106 Å². The van der Waals surface area contributed by atoms with Crippen molar-refractivity contribution in [2.45, 2.75) is 18.3 Å². The SMILES string of the molecule is O=c1c(NCc2ccc(-c3noc(C(F)(F)Cl)n3)cc2)c(Nc2ccc(OC(F)(F)F)cc2)c1=O. The van der Waals surface area contributed by atoms with E-state index in [1.165, 1.54) is 24.3 Å². The number of alkyl halides is 6. The molecule has 35 heavy (non-hydrogen) atoms. The fraction of sp³-hybridized carbons (Fsp3) is 0.143. The lowest BCUT2D eigenvalue weighted by molar-refractivity contribution is -0.274. The van der Waals surface area contributed by atoms with Gasteiger partial charge in [-0.05, 0) is 41.4 Å². The number of anilines is 3. The number of nitrogens with one attached hydrogen (secondary N) is 2. The summed E-state index contributed by atoms with van der Waals surface area (Å²) in [7, 11) is 0. The lowest BCUT2D eigenvalue weighted by atomic mass is 10.1. The Hall–Kier alpha value is -4.00. The molecule has 0 radical (unpaired) electrons. The van der Waals surface area contributed by atoms with Gasteiger partial charge in [-0.15, -0.1) is 13.2 Å². The predicted octanol–water partition coefficient (Wildman–Crippen LogP) is 4.88. The third-order valence-corrected chi connectivity index (χ3v) is 4.78. The Morgan fingerprint density at radius 1 is 0.914 bits per heavy atom. The van der Waals surface area contributed by atoms with Gasteiger partial charge in [0.25, 0.3) is 10.9 Å². The van der Waals surface area contributed by atoms with Gasteiger partial charge in [0.2, 0.25) is 5.82 Å². The number of hydrogen-bond acceptors (Lipinski definition) is 8. The molecule has 0 aliphatic rings. The van der Waals surface area contributed by atoms with Crippen molar-refractivity contribution in [1.29, 1.82) is 0 Å². The molecule has 8 nitrogen and oxygen atoms in total. The molecule has 3 aromatic carbocycles. The molecule has 0 atom stereocenters. The Morgan fingerprint density at radius 3 is 2.11 bits per heavy atom. The van der Waals surface area contributed by atoms with E-state index in [0.717, 1.165) is 12.1 Å². The molecule has 2 N–H and O–H groups in total. The van der Waals surface area contributed by atoms with Gasteiger partial charge in [-0.25, -0.2) is 0 Å². The zero-order valence-electron chi connectivity index (χ0n) is 17.1. The summed E-state index contributed by atoms with van der Waals surface area (Å²) in [6, 6.07) is 10.9. The van der Waals surface area contributed by atoms with Crippen LogP contribution in [-0.2, 0) is 11.9 Å². The quantitative estimate of drug-likeness (QED) is 0.195. The van der Waals surface area contributed by atoms with Crippen LogP contribution in [0.1, 0.15) is 11.5 Å². The molecule has 0 saturated heterocycles. The second-order valence-corrected chi connectivity index (χ2v) is 7.55. The zero-order valence-corrected chi connectivity index (χ0v) is 17.9. The van der Waals surface area contributed by atoms with Crippen molar-refractivity contribution in [2.24, 2.45) is 0 Å². The summed E-state index contributed by atoms with van der Waals surface area (Å²) in [6.07, 6.45) is -4.84. The van der Waals surface area contributed by atoms with Crippen molar-refractivity contribution in [3.63, 3.8) is 0 Å². The van der Waals surface area contributed by atoms with E-state index in [1.807, 2.05) is 0 Å². The van der Waals surface area contributed by atoms with Crippen molar-refractivity contribution < 1.29 is 31.2 Å². The Balaban J connectivity index is 1.40. The first-order valence-electron chi connectivity index (χ1n) is 9.61. The average molecular weight is 515 g/mol. The molecular weight excluding hydrogens is 503 g/mol. The maximum atomic E-state index is 13.0. The minimum atomic E-state index is -4.84. The maximum Gasteiger partial charge on any atom is 0.573 e. The van der Waals surface area contributed by atoms with Gasteiger partial charge in [0.15, 0.2) is 0 Å². The van der Waals surface area contributed by atoms with E-state index in [-0.39, 0.29) is 29.4 Å². The van der Waals surface area contributed by atoms with Crippen molar-refractivity contribution in [3.05, 3.63) is 80.4 Å². The van der Waals surface area contributed by atoms with Gasteiger partial charge in [0.1, 0.15) is 17.1 Å². The molecule has 4 rings (SSSR count). The number of hydrogen-bond donors (Lipinski definition) is 2. The van der Waals surface area contributed by atoms with E-state index in [0.29, 0.717) is 11.1 Å². The molecule has 1 heterocycles. The molecule has 0 spiro atoms. The van der Waals surface area contributed by atoms with E-state index in [2.05, 4.69) is 30.0 Å². The summed E-state index contributed by atoms with van der Waals surface area (Å²) in [5.41, 5.74) is -0.294. The van der Waals surface area contributed by atoms with Crippen LogP contribution in [0.5, 0.6) is 5.75 Å². The summed E-state index contributed by atoms with van der Waals surface area (Å²) in [4.78, 5) is 27.4. The van der Waals surface area contributed by atoms with Crippen molar-refractivity contribution in [1.82, 2.24) is 10.1 Å². The number of ether oxygens (including phenoxy) is 1. The summed E-state index contributed by atoms with van der Waals surface area (Å²) >= 11 is 4.84. The van der Waals surface area contributed by atoms with Crippen LogP contribution in [0.15, 0.2) is 62.6 Å². The highest BCUT2D eigenvalue weighted by Crippen LogP contribution is 2.32. The first kappa shape index (κ1) is 24.1. The molecule has 14 heteroatoms. The molecular formula is C21H12ClF5N4O4. The minimum absolute atomic E-state index is 0.00171. The molecule has 0 unspecified atom stereocenters. The van der Waals surface area contributed by atoms with Crippen LogP contribution in [-0.4, -0.2) is 16.5 Å². The van der Waals surface area contributed by atoms with Gasteiger partial charge >= 0.3 is 17.6 Å². The monoisotopic (exact) mass is 514 g/mol.